The minimum absolute atomic E-state index is 0.210. The van der Waals surface area contributed by atoms with Crippen molar-refractivity contribution in [2.45, 2.75) is 11.7 Å². The number of ketones is 1. The maximum atomic E-state index is 12.5. The zero-order chi connectivity index (χ0) is 14.6. The first kappa shape index (κ1) is 12.6. The first-order valence-electron chi connectivity index (χ1n) is 6.51. The van der Waals surface area contributed by atoms with Gasteiger partial charge in [0.2, 0.25) is 5.60 Å². The summed E-state index contributed by atoms with van der Waals surface area (Å²) < 4.78 is 5.56. The standard InChI is InChI=1S/C16H10ClNO3/c17-10-7-5-9(6-8-10)13(19)14-16(21-14)11-3-1-2-4-12(11)18-15(16)20/h1-8,14H,(H,18,20)/t14-,16-/m1/s1. The van der Waals surface area contributed by atoms with Gasteiger partial charge in [0.1, 0.15) is 0 Å². The molecule has 1 saturated heterocycles. The van der Waals surface area contributed by atoms with E-state index in [0.29, 0.717) is 16.3 Å². The third-order valence-electron chi connectivity index (χ3n) is 3.90. The van der Waals surface area contributed by atoms with Crippen molar-refractivity contribution in [1.29, 1.82) is 0 Å². The summed E-state index contributed by atoms with van der Waals surface area (Å²) in [5, 5.41) is 3.32. The quantitative estimate of drug-likeness (QED) is 0.685. The highest BCUT2D eigenvalue weighted by atomic mass is 35.5. The van der Waals surface area contributed by atoms with Crippen molar-refractivity contribution in [3.63, 3.8) is 0 Å². The van der Waals surface area contributed by atoms with E-state index >= 15 is 0 Å². The number of hydrogen-bond donors (Lipinski definition) is 1. The van der Waals surface area contributed by atoms with Crippen molar-refractivity contribution < 1.29 is 14.3 Å². The number of epoxide rings is 1. The first-order valence-corrected chi connectivity index (χ1v) is 6.89. The second kappa shape index (κ2) is 4.16. The van der Waals surface area contributed by atoms with E-state index in [1.807, 2.05) is 18.2 Å². The van der Waals surface area contributed by atoms with Gasteiger partial charge in [-0.2, -0.15) is 0 Å². The van der Waals surface area contributed by atoms with E-state index in [1.54, 1.807) is 30.3 Å². The summed E-state index contributed by atoms with van der Waals surface area (Å²) in [6.45, 7) is 0. The van der Waals surface area contributed by atoms with Crippen LogP contribution in [0.2, 0.25) is 5.02 Å². The molecule has 5 heteroatoms. The summed E-state index contributed by atoms with van der Waals surface area (Å²) in [6.07, 6.45) is -0.776. The number of carbonyl (C=O) groups is 2. The molecule has 2 aromatic carbocycles. The Bertz CT molecular complexity index is 771. The van der Waals surface area contributed by atoms with Crippen molar-refractivity contribution in [2.24, 2.45) is 0 Å². The van der Waals surface area contributed by atoms with Gasteiger partial charge in [0.05, 0.1) is 0 Å². The predicted molar refractivity (Wildman–Crippen MR) is 77.4 cm³/mol. The molecule has 0 bridgehead atoms. The number of anilines is 1. The average molecular weight is 300 g/mol. The van der Waals surface area contributed by atoms with Gasteiger partial charge in [-0.25, -0.2) is 0 Å². The Kier molecular flexibility index (Phi) is 2.49. The summed E-state index contributed by atoms with van der Waals surface area (Å²) in [7, 11) is 0. The number of rotatable bonds is 2. The number of hydrogen-bond acceptors (Lipinski definition) is 3. The van der Waals surface area contributed by atoms with E-state index in [4.69, 9.17) is 16.3 Å². The lowest BCUT2D eigenvalue weighted by Gasteiger charge is -2.02. The summed E-state index contributed by atoms with van der Waals surface area (Å²) in [5.41, 5.74) is 0.752. The first-order chi connectivity index (χ1) is 10.1. The van der Waals surface area contributed by atoms with Crippen LogP contribution in [0.4, 0.5) is 5.69 Å². The fourth-order valence-electron chi connectivity index (χ4n) is 2.79. The van der Waals surface area contributed by atoms with Crippen LogP contribution in [0.5, 0.6) is 0 Å². The molecule has 4 rings (SSSR count). The number of para-hydroxylation sites is 1. The summed E-state index contributed by atoms with van der Waals surface area (Å²) >= 11 is 5.82. The molecule has 2 aromatic rings. The molecule has 0 aliphatic carbocycles. The third-order valence-corrected chi connectivity index (χ3v) is 4.15. The second-order valence-corrected chi connectivity index (χ2v) is 5.54. The van der Waals surface area contributed by atoms with Gasteiger partial charge < -0.3 is 10.1 Å². The number of halogens is 1. The maximum Gasteiger partial charge on any atom is 0.264 e. The maximum absolute atomic E-state index is 12.5. The van der Waals surface area contributed by atoms with Crippen LogP contribution in [0.3, 0.4) is 0 Å². The van der Waals surface area contributed by atoms with Gasteiger partial charge in [-0.3, -0.25) is 9.59 Å². The molecule has 0 unspecified atom stereocenters. The molecule has 0 aromatic heterocycles. The Balaban J connectivity index is 1.70. The number of Topliss-reactive ketones (excluding diaryl/α,β-unsaturated/α-hetero) is 1. The van der Waals surface area contributed by atoms with Gasteiger partial charge in [-0.05, 0) is 30.3 Å². The van der Waals surface area contributed by atoms with E-state index < -0.39 is 11.7 Å². The lowest BCUT2D eigenvalue weighted by Crippen LogP contribution is -2.27. The predicted octanol–water partition coefficient (Wildman–Crippen LogP) is 2.77. The van der Waals surface area contributed by atoms with Crippen molar-refractivity contribution in [1.82, 2.24) is 0 Å². The van der Waals surface area contributed by atoms with E-state index in [2.05, 4.69) is 5.32 Å². The number of amides is 1. The van der Waals surface area contributed by atoms with Crippen LogP contribution in [0.1, 0.15) is 15.9 Å². The van der Waals surface area contributed by atoms with E-state index in [0.717, 1.165) is 5.56 Å². The van der Waals surface area contributed by atoms with Crippen LogP contribution in [0.15, 0.2) is 48.5 Å². The Morgan fingerprint density at radius 2 is 1.86 bits per heavy atom. The molecule has 0 radical (unpaired) electrons. The normalized spacial score (nSPS) is 25.6. The van der Waals surface area contributed by atoms with E-state index in [1.165, 1.54) is 0 Å². The SMILES string of the molecule is O=C(c1ccc(Cl)cc1)[C@H]1O[C@@]12C(=O)Nc1ccccc12. The average Bonchev–Trinajstić information content (AvgIpc) is 3.18. The van der Waals surface area contributed by atoms with Gasteiger partial charge in [0.15, 0.2) is 11.9 Å². The van der Waals surface area contributed by atoms with Gasteiger partial charge >= 0.3 is 0 Å². The molecule has 1 spiro atoms. The van der Waals surface area contributed by atoms with E-state index in [9.17, 15) is 9.59 Å². The number of nitrogens with one attached hydrogen (secondary N) is 1. The Hall–Kier alpha value is -2.17. The second-order valence-electron chi connectivity index (χ2n) is 5.10. The minimum Gasteiger partial charge on any atom is -0.342 e. The molecule has 2 atom stereocenters. The van der Waals surface area contributed by atoms with Crippen LogP contribution in [-0.2, 0) is 15.1 Å². The highest BCUT2D eigenvalue weighted by Crippen LogP contribution is 2.54. The van der Waals surface area contributed by atoms with Crippen LogP contribution in [0, 0.1) is 0 Å². The highest BCUT2D eigenvalue weighted by Gasteiger charge is 2.70. The minimum atomic E-state index is -1.16. The van der Waals surface area contributed by atoms with Crippen LogP contribution >= 0.6 is 11.6 Å². The topological polar surface area (TPSA) is 58.7 Å². The molecule has 2 aliphatic heterocycles. The molecule has 21 heavy (non-hydrogen) atoms. The fourth-order valence-corrected chi connectivity index (χ4v) is 2.91. The Morgan fingerprint density at radius 1 is 1.14 bits per heavy atom. The molecule has 0 saturated carbocycles. The summed E-state index contributed by atoms with van der Waals surface area (Å²) in [6, 6.07) is 13.8. The number of carbonyl (C=O) groups excluding carboxylic acids is 2. The van der Waals surface area contributed by atoms with E-state index in [-0.39, 0.29) is 11.7 Å². The molecule has 104 valence electrons. The lowest BCUT2D eigenvalue weighted by molar-refractivity contribution is -0.120. The molecule has 1 N–H and O–H groups in total. The van der Waals surface area contributed by atoms with Crippen LogP contribution < -0.4 is 5.32 Å². The number of fused-ring (bicyclic) bond motifs is 2. The Morgan fingerprint density at radius 3 is 2.62 bits per heavy atom. The molecular weight excluding hydrogens is 290 g/mol. The van der Waals surface area contributed by atoms with Gasteiger partial charge in [0, 0.05) is 21.8 Å². The fraction of sp³-hybridized carbons (Fsp3) is 0.125. The zero-order valence-electron chi connectivity index (χ0n) is 10.8. The molecule has 4 nitrogen and oxygen atoms in total. The van der Waals surface area contributed by atoms with Crippen LogP contribution in [-0.4, -0.2) is 17.8 Å². The van der Waals surface area contributed by atoms with Crippen molar-refractivity contribution in [3.05, 3.63) is 64.7 Å². The smallest absolute Gasteiger partial charge is 0.264 e. The van der Waals surface area contributed by atoms with Gasteiger partial charge in [-0.15, -0.1) is 0 Å². The lowest BCUT2D eigenvalue weighted by atomic mass is 9.92. The van der Waals surface area contributed by atoms with Crippen molar-refractivity contribution in [3.8, 4) is 0 Å². The molecular formula is C16H10ClNO3. The van der Waals surface area contributed by atoms with Crippen molar-refractivity contribution in [2.75, 3.05) is 5.32 Å². The number of benzene rings is 2. The molecule has 1 fully saturated rings. The summed E-state index contributed by atoms with van der Waals surface area (Å²) in [5.74, 6) is -0.491. The van der Waals surface area contributed by atoms with Gasteiger partial charge in [-0.1, -0.05) is 29.8 Å². The monoisotopic (exact) mass is 299 g/mol. The largest absolute Gasteiger partial charge is 0.342 e. The highest BCUT2D eigenvalue weighted by molar-refractivity contribution is 6.30. The molecule has 2 aliphatic rings. The zero-order valence-corrected chi connectivity index (χ0v) is 11.6. The van der Waals surface area contributed by atoms with Crippen molar-refractivity contribution >= 4 is 29.0 Å². The Labute approximate surface area is 125 Å². The third kappa shape index (κ3) is 1.66. The van der Waals surface area contributed by atoms with Crippen LogP contribution in [0.25, 0.3) is 0 Å². The number of ether oxygens (including phenoxy) is 1. The molecule has 1 amide bonds. The molecule has 2 heterocycles. The summed E-state index contributed by atoms with van der Waals surface area (Å²) in [4.78, 5) is 24.7. The van der Waals surface area contributed by atoms with Gasteiger partial charge in [0.25, 0.3) is 5.91 Å².